The molecular weight excluding hydrogens is 392 g/mol. The SMILES string of the molecule is COc1cc(O)ccc1[C@@H]1OC[C@@H]2[C@H]1CO[C@]2(OC)c1c(OC)cc(O)cc1OC. The Morgan fingerprint density at radius 1 is 0.867 bits per heavy atom. The zero-order valence-corrected chi connectivity index (χ0v) is 17.4. The topological polar surface area (TPSA) is 95.8 Å². The third kappa shape index (κ3) is 3.03. The highest BCUT2D eigenvalue weighted by molar-refractivity contribution is 5.53. The quantitative estimate of drug-likeness (QED) is 0.739. The average Bonchev–Trinajstić information content (AvgIpc) is 3.34. The average molecular weight is 418 g/mol. The highest BCUT2D eigenvalue weighted by Crippen LogP contribution is 2.58. The monoisotopic (exact) mass is 418 g/mol. The molecular formula is C22H26O8. The molecule has 2 saturated heterocycles. The normalized spacial score (nSPS) is 27.7. The summed E-state index contributed by atoms with van der Waals surface area (Å²) < 4.78 is 35.0. The van der Waals surface area contributed by atoms with Gasteiger partial charge in [0.15, 0.2) is 0 Å². The van der Waals surface area contributed by atoms with Gasteiger partial charge in [0.25, 0.3) is 0 Å². The van der Waals surface area contributed by atoms with Crippen molar-refractivity contribution in [1.29, 1.82) is 0 Å². The van der Waals surface area contributed by atoms with E-state index in [0.29, 0.717) is 36.0 Å². The summed E-state index contributed by atoms with van der Waals surface area (Å²) in [6, 6.07) is 7.99. The van der Waals surface area contributed by atoms with Gasteiger partial charge < -0.3 is 38.6 Å². The molecule has 0 aliphatic carbocycles. The van der Waals surface area contributed by atoms with Crippen LogP contribution in [0, 0.1) is 11.8 Å². The van der Waals surface area contributed by atoms with Crippen LogP contribution in [0.15, 0.2) is 30.3 Å². The van der Waals surface area contributed by atoms with E-state index in [2.05, 4.69) is 0 Å². The molecule has 162 valence electrons. The van der Waals surface area contributed by atoms with Gasteiger partial charge in [0, 0.05) is 42.7 Å². The molecule has 0 saturated carbocycles. The van der Waals surface area contributed by atoms with Crippen LogP contribution >= 0.6 is 0 Å². The maximum atomic E-state index is 10.0. The summed E-state index contributed by atoms with van der Waals surface area (Å²) in [5.41, 5.74) is 1.41. The lowest BCUT2D eigenvalue weighted by molar-refractivity contribution is -0.231. The van der Waals surface area contributed by atoms with Crippen molar-refractivity contribution in [3.05, 3.63) is 41.5 Å². The van der Waals surface area contributed by atoms with Crippen LogP contribution in [0.2, 0.25) is 0 Å². The molecule has 8 nitrogen and oxygen atoms in total. The van der Waals surface area contributed by atoms with Gasteiger partial charge in [0.2, 0.25) is 5.79 Å². The third-order valence-corrected chi connectivity index (χ3v) is 6.01. The fourth-order valence-corrected chi connectivity index (χ4v) is 4.65. The van der Waals surface area contributed by atoms with Crippen molar-refractivity contribution >= 4 is 0 Å². The summed E-state index contributed by atoms with van der Waals surface area (Å²) in [5.74, 6) is 0.120. The van der Waals surface area contributed by atoms with E-state index >= 15 is 0 Å². The maximum absolute atomic E-state index is 10.0. The lowest BCUT2D eigenvalue weighted by Crippen LogP contribution is -2.37. The van der Waals surface area contributed by atoms with Crippen LogP contribution in [-0.2, 0) is 20.0 Å². The largest absolute Gasteiger partial charge is 0.508 e. The van der Waals surface area contributed by atoms with Crippen LogP contribution < -0.4 is 14.2 Å². The Balaban J connectivity index is 1.77. The van der Waals surface area contributed by atoms with Gasteiger partial charge in [-0.1, -0.05) is 0 Å². The van der Waals surface area contributed by atoms with Crippen molar-refractivity contribution in [2.24, 2.45) is 11.8 Å². The van der Waals surface area contributed by atoms with Crippen molar-refractivity contribution in [3.63, 3.8) is 0 Å². The van der Waals surface area contributed by atoms with Gasteiger partial charge in [-0.25, -0.2) is 0 Å². The van der Waals surface area contributed by atoms with Gasteiger partial charge in [-0.2, -0.15) is 0 Å². The summed E-state index contributed by atoms with van der Waals surface area (Å²) in [4.78, 5) is 0. The third-order valence-electron chi connectivity index (χ3n) is 6.01. The predicted octanol–water partition coefficient (Wildman–Crippen LogP) is 2.96. The number of hydrogen-bond donors (Lipinski definition) is 2. The predicted molar refractivity (Wildman–Crippen MR) is 106 cm³/mol. The highest BCUT2D eigenvalue weighted by atomic mass is 16.7. The number of benzene rings is 2. The lowest BCUT2D eigenvalue weighted by atomic mass is 9.81. The first-order chi connectivity index (χ1) is 14.5. The second kappa shape index (κ2) is 7.86. The van der Waals surface area contributed by atoms with E-state index in [1.165, 1.54) is 26.4 Å². The van der Waals surface area contributed by atoms with Crippen molar-refractivity contribution < 1.29 is 38.6 Å². The van der Waals surface area contributed by atoms with Gasteiger partial charge in [-0.05, 0) is 12.1 Å². The standard InChI is InChI=1S/C22H26O8/c1-25-17-7-12(23)5-6-14(17)21-15-10-30-22(28-4,16(15)11-29-21)20-18(26-2)8-13(24)9-19(20)27-3/h5-9,15-16,21,23-24H,10-11H2,1-4H3/t15-,16-,21+,22+/m1/s1. The molecule has 2 aromatic carbocycles. The zero-order chi connectivity index (χ0) is 21.5. The number of methoxy groups -OCH3 is 4. The molecule has 0 amide bonds. The Bertz CT molecular complexity index is 904. The number of rotatable bonds is 6. The van der Waals surface area contributed by atoms with E-state index in [9.17, 15) is 10.2 Å². The number of hydrogen-bond acceptors (Lipinski definition) is 8. The van der Waals surface area contributed by atoms with Gasteiger partial charge in [-0.3, -0.25) is 0 Å². The first kappa shape index (κ1) is 20.6. The molecule has 0 spiro atoms. The summed E-state index contributed by atoms with van der Waals surface area (Å²) >= 11 is 0. The van der Waals surface area contributed by atoms with E-state index in [4.69, 9.17) is 28.4 Å². The van der Waals surface area contributed by atoms with Crippen molar-refractivity contribution in [3.8, 4) is 28.7 Å². The Hall–Kier alpha value is -2.68. The minimum Gasteiger partial charge on any atom is -0.508 e. The molecule has 2 N–H and O–H groups in total. The molecule has 2 aliphatic heterocycles. The van der Waals surface area contributed by atoms with E-state index in [0.717, 1.165) is 5.56 Å². The van der Waals surface area contributed by atoms with Gasteiger partial charge in [0.05, 0.1) is 46.2 Å². The summed E-state index contributed by atoms with van der Waals surface area (Å²) in [6.07, 6.45) is -0.295. The van der Waals surface area contributed by atoms with Crippen molar-refractivity contribution in [2.75, 3.05) is 41.7 Å². The lowest BCUT2D eigenvalue weighted by Gasteiger charge is -2.34. The van der Waals surface area contributed by atoms with Crippen LogP contribution in [0.1, 0.15) is 17.2 Å². The second-order valence-electron chi connectivity index (χ2n) is 7.36. The molecule has 4 atom stereocenters. The first-order valence-corrected chi connectivity index (χ1v) is 9.62. The highest BCUT2D eigenvalue weighted by Gasteiger charge is 2.60. The molecule has 0 aromatic heterocycles. The second-order valence-corrected chi connectivity index (χ2v) is 7.36. The molecule has 8 heteroatoms. The van der Waals surface area contributed by atoms with Crippen molar-refractivity contribution in [1.82, 2.24) is 0 Å². The number of fused-ring (bicyclic) bond motifs is 1. The molecule has 2 aromatic rings. The number of phenols is 2. The van der Waals surface area contributed by atoms with Crippen LogP contribution in [-0.4, -0.2) is 51.9 Å². The number of ether oxygens (including phenoxy) is 6. The van der Waals surface area contributed by atoms with Gasteiger partial charge in [0.1, 0.15) is 28.7 Å². The minimum atomic E-state index is -1.17. The maximum Gasteiger partial charge on any atom is 0.207 e. The molecule has 2 aliphatic rings. The fraction of sp³-hybridized carbons (Fsp3) is 0.455. The van der Waals surface area contributed by atoms with Crippen LogP contribution in [0.5, 0.6) is 28.7 Å². The molecule has 0 unspecified atom stereocenters. The van der Waals surface area contributed by atoms with E-state index < -0.39 is 5.79 Å². The molecule has 2 heterocycles. The van der Waals surface area contributed by atoms with Gasteiger partial charge in [-0.15, -0.1) is 0 Å². The Morgan fingerprint density at radius 2 is 1.50 bits per heavy atom. The van der Waals surface area contributed by atoms with E-state index in [1.54, 1.807) is 32.4 Å². The minimum absolute atomic E-state index is 0.0163. The van der Waals surface area contributed by atoms with E-state index in [-0.39, 0.29) is 29.4 Å². The molecule has 0 radical (unpaired) electrons. The van der Waals surface area contributed by atoms with Crippen LogP contribution in [0.25, 0.3) is 0 Å². The summed E-state index contributed by atoms with van der Waals surface area (Å²) in [5, 5.41) is 19.8. The van der Waals surface area contributed by atoms with Crippen LogP contribution in [0.4, 0.5) is 0 Å². The summed E-state index contributed by atoms with van der Waals surface area (Å²) in [6.45, 7) is 0.751. The molecule has 0 bridgehead atoms. The summed E-state index contributed by atoms with van der Waals surface area (Å²) in [7, 11) is 6.16. The van der Waals surface area contributed by atoms with E-state index in [1.807, 2.05) is 0 Å². The number of phenolic OH excluding ortho intramolecular Hbond substituents is 2. The smallest absolute Gasteiger partial charge is 0.207 e. The molecule has 30 heavy (non-hydrogen) atoms. The van der Waals surface area contributed by atoms with Crippen LogP contribution in [0.3, 0.4) is 0 Å². The molecule has 4 rings (SSSR count). The van der Waals surface area contributed by atoms with Crippen molar-refractivity contribution in [2.45, 2.75) is 11.9 Å². The number of aromatic hydroxyl groups is 2. The molecule has 2 fully saturated rings. The zero-order valence-electron chi connectivity index (χ0n) is 17.4. The Labute approximate surface area is 174 Å². The van der Waals surface area contributed by atoms with Gasteiger partial charge >= 0.3 is 0 Å². The first-order valence-electron chi connectivity index (χ1n) is 9.62. The fourth-order valence-electron chi connectivity index (χ4n) is 4.65. The Kier molecular flexibility index (Phi) is 5.40. The Morgan fingerprint density at radius 3 is 2.10 bits per heavy atom.